The number of carboxylic acid groups (broad SMARTS) is 1. The summed E-state index contributed by atoms with van der Waals surface area (Å²) in [5, 5.41) is 19.4. The van der Waals surface area contributed by atoms with E-state index in [-0.39, 0.29) is 11.7 Å². The number of aliphatic carboxylic acids is 1. The molecule has 0 heterocycles. The Morgan fingerprint density at radius 2 is 1.53 bits per heavy atom. The van der Waals surface area contributed by atoms with E-state index in [2.05, 4.69) is 31.2 Å². The Labute approximate surface area is 188 Å². The lowest BCUT2D eigenvalue weighted by molar-refractivity contribution is -0.137. The number of carbonyl (C=O) groups is 1. The molecule has 1 aromatic carbocycles. The predicted octanol–water partition coefficient (Wildman–Crippen LogP) is 7.63. The van der Waals surface area contributed by atoms with Crippen LogP contribution in [0.4, 0.5) is 0 Å². The number of rotatable bonds is 19. The molecule has 3 nitrogen and oxygen atoms in total. The third kappa shape index (κ3) is 14.7. The van der Waals surface area contributed by atoms with Crippen LogP contribution in [0, 0.1) is 0 Å². The molecule has 0 aliphatic rings. The monoisotopic (exact) mass is 434 g/mol. The van der Waals surface area contributed by atoms with E-state index in [0.29, 0.717) is 12.8 Å². The summed E-state index contributed by atoms with van der Waals surface area (Å²) in [6.07, 6.45) is 19.4. The summed E-state index contributed by atoms with van der Waals surface area (Å²) in [6, 6.07) is 10.1. The van der Waals surface area contributed by atoms with Crippen LogP contribution >= 0.6 is 11.8 Å². The molecular formula is C26H42O3S. The SMILES string of the molecule is CCCCCCCCCCCCC=C[C@@H](Sc1ccccc1)[C@@H](O)CCCC(=O)O. The first-order valence-electron chi connectivity index (χ1n) is 11.9. The molecule has 0 aliphatic heterocycles. The molecule has 0 amide bonds. The Morgan fingerprint density at radius 1 is 0.933 bits per heavy atom. The van der Waals surface area contributed by atoms with Gasteiger partial charge in [-0.3, -0.25) is 4.79 Å². The molecule has 0 spiro atoms. The summed E-state index contributed by atoms with van der Waals surface area (Å²) >= 11 is 1.65. The van der Waals surface area contributed by atoms with Gasteiger partial charge in [-0.25, -0.2) is 0 Å². The summed E-state index contributed by atoms with van der Waals surface area (Å²) < 4.78 is 0. The number of unbranched alkanes of at least 4 members (excludes halogenated alkanes) is 10. The molecule has 0 saturated heterocycles. The molecule has 0 unspecified atom stereocenters. The highest BCUT2D eigenvalue weighted by Crippen LogP contribution is 2.28. The van der Waals surface area contributed by atoms with Crippen molar-refractivity contribution in [1.82, 2.24) is 0 Å². The fraction of sp³-hybridized carbons (Fsp3) is 0.654. The van der Waals surface area contributed by atoms with E-state index in [4.69, 9.17) is 5.11 Å². The number of aliphatic hydroxyl groups is 1. The standard InChI is InChI=1S/C26H42O3S/c1-2-3-4-5-6-7-8-9-10-11-12-16-21-25(24(27)20-17-22-26(28)29)30-23-18-14-13-15-19-23/h13-16,18-19,21,24-25,27H,2-12,17,20,22H2,1H3,(H,28,29)/t24-,25+/m0/s1. The molecule has 1 rings (SSSR count). The van der Waals surface area contributed by atoms with Crippen molar-refractivity contribution in [3.05, 3.63) is 42.5 Å². The van der Waals surface area contributed by atoms with E-state index >= 15 is 0 Å². The van der Waals surface area contributed by atoms with Crippen molar-refractivity contribution >= 4 is 17.7 Å². The Morgan fingerprint density at radius 3 is 2.13 bits per heavy atom. The van der Waals surface area contributed by atoms with E-state index < -0.39 is 12.1 Å². The zero-order valence-corrected chi connectivity index (χ0v) is 19.6. The van der Waals surface area contributed by atoms with Crippen LogP contribution in [0.3, 0.4) is 0 Å². The molecule has 170 valence electrons. The van der Waals surface area contributed by atoms with Gasteiger partial charge >= 0.3 is 5.97 Å². The van der Waals surface area contributed by atoms with Gasteiger partial charge in [0.1, 0.15) is 0 Å². The lowest BCUT2D eigenvalue weighted by Crippen LogP contribution is -2.21. The van der Waals surface area contributed by atoms with Crippen LogP contribution in [0.15, 0.2) is 47.4 Å². The van der Waals surface area contributed by atoms with Crippen molar-refractivity contribution in [3.8, 4) is 0 Å². The summed E-state index contributed by atoms with van der Waals surface area (Å²) in [4.78, 5) is 11.9. The maximum atomic E-state index is 10.7. The van der Waals surface area contributed by atoms with Crippen molar-refractivity contribution in [2.75, 3.05) is 0 Å². The van der Waals surface area contributed by atoms with Gasteiger partial charge in [0.25, 0.3) is 0 Å². The summed E-state index contributed by atoms with van der Waals surface area (Å²) in [7, 11) is 0. The molecule has 30 heavy (non-hydrogen) atoms. The number of thioether (sulfide) groups is 1. The van der Waals surface area contributed by atoms with Crippen molar-refractivity contribution in [2.24, 2.45) is 0 Å². The third-order valence-electron chi connectivity index (χ3n) is 5.34. The van der Waals surface area contributed by atoms with E-state index in [9.17, 15) is 9.90 Å². The maximum Gasteiger partial charge on any atom is 0.303 e. The van der Waals surface area contributed by atoms with Crippen molar-refractivity contribution in [2.45, 2.75) is 113 Å². The molecule has 0 radical (unpaired) electrons. The van der Waals surface area contributed by atoms with Gasteiger partial charge < -0.3 is 10.2 Å². The van der Waals surface area contributed by atoms with E-state index in [1.165, 1.54) is 64.2 Å². The second kappa shape index (κ2) is 18.5. The lowest BCUT2D eigenvalue weighted by atomic mass is 10.1. The topological polar surface area (TPSA) is 57.5 Å². The fourth-order valence-corrected chi connectivity index (χ4v) is 4.62. The second-order valence-electron chi connectivity index (χ2n) is 8.15. The Hall–Kier alpha value is -1.26. The first kappa shape index (κ1) is 26.8. The molecule has 0 saturated carbocycles. The minimum absolute atomic E-state index is 0.0377. The first-order valence-corrected chi connectivity index (χ1v) is 12.8. The van der Waals surface area contributed by atoms with Crippen molar-refractivity contribution < 1.29 is 15.0 Å². The molecule has 0 fully saturated rings. The van der Waals surface area contributed by atoms with Gasteiger partial charge in [-0.2, -0.15) is 0 Å². The molecule has 4 heteroatoms. The van der Waals surface area contributed by atoms with Crippen molar-refractivity contribution in [1.29, 1.82) is 0 Å². The van der Waals surface area contributed by atoms with Crippen LogP contribution in [-0.2, 0) is 4.79 Å². The smallest absolute Gasteiger partial charge is 0.303 e. The molecular weight excluding hydrogens is 392 g/mol. The number of benzene rings is 1. The minimum Gasteiger partial charge on any atom is -0.481 e. The average molecular weight is 435 g/mol. The minimum atomic E-state index is -0.800. The molecule has 0 aliphatic carbocycles. The van der Waals surface area contributed by atoms with Gasteiger partial charge in [-0.15, -0.1) is 11.8 Å². The van der Waals surface area contributed by atoms with E-state index in [1.807, 2.05) is 18.2 Å². The number of hydrogen-bond acceptors (Lipinski definition) is 3. The van der Waals surface area contributed by atoms with Gasteiger partial charge in [-0.05, 0) is 37.8 Å². The average Bonchev–Trinajstić information content (AvgIpc) is 2.74. The van der Waals surface area contributed by atoms with Crippen molar-refractivity contribution in [3.63, 3.8) is 0 Å². The van der Waals surface area contributed by atoms with Crippen LogP contribution < -0.4 is 0 Å². The Kier molecular flexibility index (Phi) is 16.5. The largest absolute Gasteiger partial charge is 0.481 e. The maximum absolute atomic E-state index is 10.7. The fourth-order valence-electron chi connectivity index (χ4n) is 3.51. The molecule has 1 aromatic rings. The zero-order valence-electron chi connectivity index (χ0n) is 18.8. The van der Waals surface area contributed by atoms with Gasteiger partial charge in [0.15, 0.2) is 0 Å². The normalized spacial score (nSPS) is 13.5. The number of hydrogen-bond donors (Lipinski definition) is 2. The molecule has 2 N–H and O–H groups in total. The number of carboxylic acids is 1. The predicted molar refractivity (Wildman–Crippen MR) is 129 cm³/mol. The third-order valence-corrected chi connectivity index (χ3v) is 6.62. The highest BCUT2D eigenvalue weighted by atomic mass is 32.2. The van der Waals surface area contributed by atoms with Crippen LogP contribution in [0.2, 0.25) is 0 Å². The molecule has 2 atom stereocenters. The Balaban J connectivity index is 2.28. The van der Waals surface area contributed by atoms with E-state index in [1.54, 1.807) is 11.8 Å². The molecule has 0 bridgehead atoms. The Bertz CT molecular complexity index is 559. The van der Waals surface area contributed by atoms with Gasteiger partial charge in [0.05, 0.1) is 11.4 Å². The quantitative estimate of drug-likeness (QED) is 0.133. The summed E-state index contributed by atoms with van der Waals surface area (Å²) in [5.74, 6) is -0.800. The highest BCUT2D eigenvalue weighted by Gasteiger charge is 2.18. The van der Waals surface area contributed by atoms with Crippen LogP contribution in [0.1, 0.15) is 96.8 Å². The number of allylic oxidation sites excluding steroid dienone is 1. The summed E-state index contributed by atoms with van der Waals surface area (Å²) in [6.45, 7) is 2.26. The van der Waals surface area contributed by atoms with Gasteiger partial charge in [0, 0.05) is 11.3 Å². The van der Waals surface area contributed by atoms with Gasteiger partial charge in [-0.1, -0.05) is 95.1 Å². The van der Waals surface area contributed by atoms with Gasteiger partial charge in [0.2, 0.25) is 0 Å². The van der Waals surface area contributed by atoms with Crippen LogP contribution in [0.25, 0.3) is 0 Å². The zero-order chi connectivity index (χ0) is 21.9. The lowest BCUT2D eigenvalue weighted by Gasteiger charge is -2.19. The first-order chi connectivity index (χ1) is 14.6. The summed E-state index contributed by atoms with van der Waals surface area (Å²) in [5.41, 5.74) is 0. The number of aliphatic hydroxyl groups excluding tert-OH is 1. The molecule has 0 aromatic heterocycles. The highest BCUT2D eigenvalue weighted by molar-refractivity contribution is 8.00. The van der Waals surface area contributed by atoms with Crippen LogP contribution in [0.5, 0.6) is 0 Å². The van der Waals surface area contributed by atoms with E-state index in [0.717, 1.165) is 11.3 Å². The second-order valence-corrected chi connectivity index (χ2v) is 9.40. The van der Waals surface area contributed by atoms with Crippen LogP contribution in [-0.4, -0.2) is 27.5 Å².